The highest BCUT2D eigenvalue weighted by Gasteiger charge is 2.19. The molecule has 2 N–H and O–H groups in total. The minimum atomic E-state index is -0.344. The van der Waals surface area contributed by atoms with Crippen molar-refractivity contribution in [1.82, 2.24) is 20.1 Å². The van der Waals surface area contributed by atoms with Crippen LogP contribution in [0, 0.1) is 13.8 Å². The Morgan fingerprint density at radius 1 is 1.13 bits per heavy atom. The number of anilines is 1. The third kappa shape index (κ3) is 5.65. The quantitative estimate of drug-likeness (QED) is 0.516. The lowest BCUT2D eigenvalue weighted by Crippen LogP contribution is -2.28. The van der Waals surface area contributed by atoms with Crippen LogP contribution in [0.2, 0.25) is 5.02 Å². The first kappa shape index (κ1) is 22.8. The molecule has 0 radical (unpaired) electrons. The summed E-state index contributed by atoms with van der Waals surface area (Å²) in [4.78, 5) is 24.8. The van der Waals surface area contributed by atoms with Gasteiger partial charge in [-0.2, -0.15) is 0 Å². The van der Waals surface area contributed by atoms with Crippen LogP contribution >= 0.6 is 23.4 Å². The van der Waals surface area contributed by atoms with E-state index in [-0.39, 0.29) is 23.6 Å². The van der Waals surface area contributed by atoms with Gasteiger partial charge in [0.05, 0.1) is 11.8 Å². The Morgan fingerprint density at radius 2 is 1.84 bits per heavy atom. The average molecular weight is 458 g/mol. The third-order valence-electron chi connectivity index (χ3n) is 4.79. The second-order valence-corrected chi connectivity index (χ2v) is 8.56. The van der Waals surface area contributed by atoms with Crippen LogP contribution in [-0.2, 0) is 11.8 Å². The molecule has 0 aliphatic carbocycles. The standard InChI is InChI=1S/C22H24ClN5O2S/c1-13-8-10-16(11-9-13)21(30)24-15(3)20-26-27-22(28(20)4)31-12-19(29)25-18-7-5-6-17(23)14(18)2/h5-11,15H,12H2,1-4H3,(H,24,30)(H,25,29)/t15-/m1/s1. The van der Waals surface area contributed by atoms with E-state index in [0.717, 1.165) is 11.1 Å². The maximum atomic E-state index is 12.5. The van der Waals surface area contributed by atoms with Crippen LogP contribution in [0.25, 0.3) is 0 Å². The molecule has 0 saturated heterocycles. The smallest absolute Gasteiger partial charge is 0.251 e. The summed E-state index contributed by atoms with van der Waals surface area (Å²) in [6, 6.07) is 12.4. The molecule has 3 aromatic rings. The van der Waals surface area contributed by atoms with Gasteiger partial charge < -0.3 is 15.2 Å². The van der Waals surface area contributed by atoms with Crippen LogP contribution in [0.5, 0.6) is 0 Å². The molecular formula is C22H24ClN5O2S. The highest BCUT2D eigenvalue weighted by molar-refractivity contribution is 7.99. The highest BCUT2D eigenvalue weighted by Crippen LogP contribution is 2.24. The molecule has 1 heterocycles. The molecule has 2 aromatic carbocycles. The summed E-state index contributed by atoms with van der Waals surface area (Å²) in [6.07, 6.45) is 0. The number of carbonyl (C=O) groups is 2. The molecule has 1 aromatic heterocycles. The van der Waals surface area contributed by atoms with Crippen LogP contribution in [-0.4, -0.2) is 32.3 Å². The van der Waals surface area contributed by atoms with Crippen molar-refractivity contribution in [3.8, 4) is 0 Å². The van der Waals surface area contributed by atoms with E-state index in [9.17, 15) is 9.59 Å². The summed E-state index contributed by atoms with van der Waals surface area (Å²) < 4.78 is 1.78. The van der Waals surface area contributed by atoms with Gasteiger partial charge in [0.1, 0.15) is 0 Å². The number of hydrogen-bond acceptors (Lipinski definition) is 5. The number of nitrogens with one attached hydrogen (secondary N) is 2. The zero-order chi connectivity index (χ0) is 22.5. The number of nitrogens with zero attached hydrogens (tertiary/aromatic N) is 3. The molecule has 0 spiro atoms. The number of benzene rings is 2. The van der Waals surface area contributed by atoms with E-state index in [2.05, 4.69) is 20.8 Å². The van der Waals surface area contributed by atoms with Gasteiger partial charge in [0.2, 0.25) is 5.91 Å². The molecule has 162 valence electrons. The molecule has 3 rings (SSSR count). The Kier molecular flexibility index (Phi) is 7.35. The summed E-state index contributed by atoms with van der Waals surface area (Å²) in [5.74, 6) is 0.429. The molecular weight excluding hydrogens is 434 g/mol. The van der Waals surface area contributed by atoms with Gasteiger partial charge >= 0.3 is 0 Å². The van der Waals surface area contributed by atoms with Crippen LogP contribution in [0.1, 0.15) is 40.3 Å². The van der Waals surface area contributed by atoms with E-state index in [1.807, 2.05) is 46.0 Å². The molecule has 0 unspecified atom stereocenters. The largest absolute Gasteiger partial charge is 0.342 e. The van der Waals surface area contributed by atoms with E-state index >= 15 is 0 Å². The fourth-order valence-corrected chi connectivity index (χ4v) is 3.83. The fourth-order valence-electron chi connectivity index (χ4n) is 2.94. The van der Waals surface area contributed by atoms with E-state index in [1.165, 1.54) is 11.8 Å². The zero-order valence-electron chi connectivity index (χ0n) is 17.8. The maximum absolute atomic E-state index is 12.5. The van der Waals surface area contributed by atoms with Crippen molar-refractivity contribution in [2.24, 2.45) is 7.05 Å². The van der Waals surface area contributed by atoms with E-state index in [0.29, 0.717) is 27.3 Å². The predicted octanol–water partition coefficient (Wildman–Crippen LogP) is 4.31. The Hall–Kier alpha value is -2.84. The normalized spacial score (nSPS) is 11.8. The van der Waals surface area contributed by atoms with Crippen LogP contribution in [0.15, 0.2) is 47.6 Å². The van der Waals surface area contributed by atoms with Crippen LogP contribution in [0.4, 0.5) is 5.69 Å². The number of hydrogen-bond donors (Lipinski definition) is 2. The first-order valence-corrected chi connectivity index (χ1v) is 11.1. The van der Waals surface area contributed by atoms with Crippen molar-refractivity contribution in [3.05, 3.63) is 70.0 Å². The molecule has 0 fully saturated rings. The lowest BCUT2D eigenvalue weighted by atomic mass is 10.1. The van der Waals surface area contributed by atoms with Gasteiger partial charge in [0, 0.05) is 23.3 Å². The maximum Gasteiger partial charge on any atom is 0.251 e. The second-order valence-electron chi connectivity index (χ2n) is 7.21. The number of thioether (sulfide) groups is 1. The number of rotatable bonds is 7. The number of amides is 2. The number of aryl methyl sites for hydroxylation is 1. The van der Waals surface area contributed by atoms with Crippen molar-refractivity contribution in [2.45, 2.75) is 32.0 Å². The summed E-state index contributed by atoms with van der Waals surface area (Å²) >= 11 is 7.37. The van der Waals surface area contributed by atoms with Gasteiger partial charge in [-0.05, 0) is 50.6 Å². The summed E-state index contributed by atoms with van der Waals surface area (Å²) in [7, 11) is 1.81. The van der Waals surface area contributed by atoms with Gasteiger partial charge in [0.25, 0.3) is 5.91 Å². The number of halogens is 1. The molecule has 1 atom stereocenters. The molecule has 0 aliphatic heterocycles. The monoisotopic (exact) mass is 457 g/mol. The van der Waals surface area contributed by atoms with Gasteiger partial charge in [-0.15, -0.1) is 10.2 Å². The van der Waals surface area contributed by atoms with Crippen LogP contribution < -0.4 is 10.6 Å². The summed E-state index contributed by atoms with van der Waals surface area (Å²) in [5, 5.41) is 15.3. The molecule has 9 heteroatoms. The fraction of sp³-hybridized carbons (Fsp3) is 0.273. The molecule has 0 saturated carbocycles. The van der Waals surface area contributed by atoms with Gasteiger partial charge in [-0.25, -0.2) is 0 Å². The molecule has 0 aliphatic rings. The number of aromatic nitrogens is 3. The zero-order valence-corrected chi connectivity index (χ0v) is 19.3. The van der Waals surface area contributed by atoms with E-state index in [4.69, 9.17) is 11.6 Å². The van der Waals surface area contributed by atoms with Crippen molar-refractivity contribution in [1.29, 1.82) is 0 Å². The van der Waals surface area contributed by atoms with Crippen molar-refractivity contribution in [3.63, 3.8) is 0 Å². The molecule has 0 bridgehead atoms. The van der Waals surface area contributed by atoms with Crippen molar-refractivity contribution in [2.75, 3.05) is 11.1 Å². The topological polar surface area (TPSA) is 88.9 Å². The Balaban J connectivity index is 1.59. The SMILES string of the molecule is Cc1ccc(C(=O)N[C@H](C)c2nnc(SCC(=O)Nc3cccc(Cl)c3C)n2C)cc1. The van der Waals surface area contributed by atoms with Gasteiger partial charge in [-0.3, -0.25) is 9.59 Å². The minimum absolute atomic E-state index is 0.166. The first-order valence-electron chi connectivity index (χ1n) is 9.71. The Morgan fingerprint density at radius 3 is 2.55 bits per heavy atom. The second kappa shape index (κ2) is 9.98. The highest BCUT2D eigenvalue weighted by atomic mass is 35.5. The minimum Gasteiger partial charge on any atom is -0.342 e. The molecule has 2 amide bonds. The number of carbonyl (C=O) groups excluding carboxylic acids is 2. The average Bonchev–Trinajstić information content (AvgIpc) is 3.11. The Bertz CT molecular complexity index is 1100. The van der Waals surface area contributed by atoms with Crippen molar-refractivity contribution < 1.29 is 9.59 Å². The lowest BCUT2D eigenvalue weighted by Gasteiger charge is -2.14. The first-order chi connectivity index (χ1) is 14.8. The van der Waals surface area contributed by atoms with Gasteiger partial charge in [0.15, 0.2) is 11.0 Å². The van der Waals surface area contributed by atoms with Crippen LogP contribution in [0.3, 0.4) is 0 Å². The van der Waals surface area contributed by atoms with Crippen molar-refractivity contribution >= 4 is 40.9 Å². The Labute approximate surface area is 190 Å². The van der Waals surface area contributed by atoms with Gasteiger partial charge in [-0.1, -0.05) is 47.1 Å². The summed E-state index contributed by atoms with van der Waals surface area (Å²) in [6.45, 7) is 5.67. The van der Waals surface area contributed by atoms with E-state index in [1.54, 1.807) is 28.8 Å². The predicted molar refractivity (Wildman–Crippen MR) is 124 cm³/mol. The summed E-state index contributed by atoms with van der Waals surface area (Å²) in [5.41, 5.74) is 3.18. The third-order valence-corrected chi connectivity index (χ3v) is 6.22. The van der Waals surface area contributed by atoms with E-state index < -0.39 is 0 Å². The molecule has 7 nitrogen and oxygen atoms in total. The molecule has 31 heavy (non-hydrogen) atoms. The lowest BCUT2D eigenvalue weighted by molar-refractivity contribution is -0.113.